The van der Waals surface area contributed by atoms with Crippen LogP contribution in [0.5, 0.6) is 0 Å². The predicted octanol–water partition coefficient (Wildman–Crippen LogP) is 2.47. The summed E-state index contributed by atoms with van der Waals surface area (Å²) < 4.78 is 51.9. The van der Waals surface area contributed by atoms with Gasteiger partial charge in [0.1, 0.15) is 5.82 Å². The highest BCUT2D eigenvalue weighted by atomic mass is 32.2. The van der Waals surface area contributed by atoms with Crippen molar-refractivity contribution in [1.82, 2.24) is 4.98 Å². The molecule has 2 rings (SSSR count). The Balaban J connectivity index is 2.35. The van der Waals surface area contributed by atoms with Gasteiger partial charge in [0.15, 0.2) is 11.6 Å². The molecule has 4 nitrogen and oxygen atoms in total. The van der Waals surface area contributed by atoms with Crippen LogP contribution in [0.15, 0.2) is 41.3 Å². The van der Waals surface area contributed by atoms with Crippen LogP contribution in [-0.4, -0.2) is 13.4 Å². The number of rotatable bonds is 3. The summed E-state index contributed by atoms with van der Waals surface area (Å²) in [6.45, 7) is 1.70. The minimum absolute atomic E-state index is 0.115. The molecule has 19 heavy (non-hydrogen) atoms. The number of pyridine rings is 1. The lowest BCUT2D eigenvalue weighted by atomic mass is 10.3. The van der Waals surface area contributed by atoms with Crippen molar-refractivity contribution in [2.75, 3.05) is 4.72 Å². The Morgan fingerprint density at radius 1 is 1.11 bits per heavy atom. The van der Waals surface area contributed by atoms with Crippen molar-refractivity contribution in [3.63, 3.8) is 0 Å². The number of nitrogens with zero attached hydrogens (tertiary/aromatic N) is 1. The van der Waals surface area contributed by atoms with Crippen molar-refractivity contribution in [2.24, 2.45) is 0 Å². The van der Waals surface area contributed by atoms with Gasteiger partial charge in [0.25, 0.3) is 10.0 Å². The summed E-state index contributed by atoms with van der Waals surface area (Å²) in [5.41, 5.74) is 0.630. The first-order valence-corrected chi connectivity index (χ1v) is 6.78. The van der Waals surface area contributed by atoms with E-state index < -0.39 is 21.7 Å². The Hall–Kier alpha value is -2.02. The molecule has 0 fully saturated rings. The second kappa shape index (κ2) is 4.93. The summed E-state index contributed by atoms with van der Waals surface area (Å²) in [7, 11) is -3.99. The van der Waals surface area contributed by atoms with Gasteiger partial charge in [0.2, 0.25) is 0 Å². The van der Waals surface area contributed by atoms with Crippen LogP contribution in [0, 0.1) is 18.6 Å². The van der Waals surface area contributed by atoms with Gasteiger partial charge in [-0.15, -0.1) is 0 Å². The number of halogens is 2. The molecule has 0 aliphatic heterocycles. The van der Waals surface area contributed by atoms with Gasteiger partial charge in [-0.25, -0.2) is 22.2 Å². The molecule has 100 valence electrons. The molecule has 2 aromatic rings. The highest BCUT2D eigenvalue weighted by Crippen LogP contribution is 2.17. The summed E-state index contributed by atoms with van der Waals surface area (Å²) in [6, 6.07) is 7.16. The van der Waals surface area contributed by atoms with Crippen LogP contribution in [0.1, 0.15) is 5.69 Å². The third kappa shape index (κ3) is 3.05. The number of aryl methyl sites for hydroxylation is 1. The first kappa shape index (κ1) is 13.4. The molecule has 0 saturated carbocycles. The van der Waals surface area contributed by atoms with E-state index in [1.807, 2.05) is 0 Å². The minimum atomic E-state index is -3.99. The summed E-state index contributed by atoms with van der Waals surface area (Å²) in [5.74, 6) is -2.21. The average Bonchev–Trinajstić information content (AvgIpc) is 2.32. The molecular formula is C12H10F2N2O2S. The maximum atomic E-state index is 13.0. The second-order valence-electron chi connectivity index (χ2n) is 3.85. The van der Waals surface area contributed by atoms with Crippen molar-refractivity contribution in [3.8, 4) is 0 Å². The van der Waals surface area contributed by atoms with E-state index in [2.05, 4.69) is 9.71 Å². The normalized spacial score (nSPS) is 11.3. The molecule has 1 aromatic heterocycles. The fraction of sp³-hybridized carbons (Fsp3) is 0.0833. The molecular weight excluding hydrogens is 274 g/mol. The third-order valence-corrected chi connectivity index (χ3v) is 3.68. The molecule has 0 aliphatic rings. The van der Waals surface area contributed by atoms with Gasteiger partial charge in [-0.05, 0) is 37.3 Å². The summed E-state index contributed by atoms with van der Waals surface area (Å²) >= 11 is 0. The standard InChI is InChI=1S/C12H10F2N2O2S/c1-8-3-2-4-12(15-8)16-19(17,18)9-5-6-10(13)11(14)7-9/h2-7H,1H3,(H,15,16). The molecule has 0 aliphatic carbocycles. The van der Waals surface area contributed by atoms with Crippen LogP contribution in [0.3, 0.4) is 0 Å². The molecule has 1 heterocycles. The van der Waals surface area contributed by atoms with Crippen LogP contribution in [0.4, 0.5) is 14.6 Å². The third-order valence-electron chi connectivity index (χ3n) is 2.33. The molecule has 1 N–H and O–H groups in total. The van der Waals surface area contributed by atoms with Crippen molar-refractivity contribution >= 4 is 15.8 Å². The Morgan fingerprint density at radius 2 is 1.84 bits per heavy atom. The Morgan fingerprint density at radius 3 is 2.47 bits per heavy atom. The summed E-state index contributed by atoms with van der Waals surface area (Å²) in [4.78, 5) is 3.60. The van der Waals surface area contributed by atoms with E-state index in [4.69, 9.17) is 0 Å². The fourth-order valence-corrected chi connectivity index (χ4v) is 2.45. The number of hydrogen-bond donors (Lipinski definition) is 1. The number of anilines is 1. The van der Waals surface area contributed by atoms with Gasteiger partial charge in [0, 0.05) is 5.69 Å². The Labute approximate surface area is 109 Å². The lowest BCUT2D eigenvalue weighted by molar-refractivity contribution is 0.504. The van der Waals surface area contributed by atoms with E-state index in [1.54, 1.807) is 19.1 Å². The molecule has 0 atom stereocenters. The number of sulfonamides is 1. The average molecular weight is 284 g/mol. The molecule has 1 aromatic carbocycles. The first-order chi connectivity index (χ1) is 8.88. The zero-order valence-electron chi connectivity index (χ0n) is 9.89. The summed E-state index contributed by atoms with van der Waals surface area (Å²) in [5, 5.41) is 0. The minimum Gasteiger partial charge on any atom is -0.263 e. The topological polar surface area (TPSA) is 59.1 Å². The van der Waals surface area contributed by atoms with Crippen LogP contribution < -0.4 is 4.72 Å². The van der Waals surface area contributed by atoms with Gasteiger partial charge < -0.3 is 0 Å². The Bertz CT molecular complexity index is 717. The maximum absolute atomic E-state index is 13.0. The molecule has 7 heteroatoms. The van der Waals surface area contributed by atoms with E-state index >= 15 is 0 Å². The molecule has 0 saturated heterocycles. The first-order valence-electron chi connectivity index (χ1n) is 5.30. The van der Waals surface area contributed by atoms with Crippen molar-refractivity contribution in [3.05, 3.63) is 53.7 Å². The van der Waals surface area contributed by atoms with Crippen molar-refractivity contribution in [2.45, 2.75) is 11.8 Å². The van der Waals surface area contributed by atoms with Gasteiger partial charge in [0.05, 0.1) is 4.90 Å². The molecule has 0 bridgehead atoms. The van der Waals surface area contributed by atoms with E-state index in [-0.39, 0.29) is 10.7 Å². The van der Waals surface area contributed by atoms with Crippen LogP contribution in [-0.2, 0) is 10.0 Å². The van der Waals surface area contributed by atoms with Gasteiger partial charge in [-0.1, -0.05) is 6.07 Å². The van der Waals surface area contributed by atoms with E-state index in [0.717, 1.165) is 12.1 Å². The van der Waals surface area contributed by atoms with Gasteiger partial charge >= 0.3 is 0 Å². The lowest BCUT2D eigenvalue weighted by Crippen LogP contribution is -2.14. The maximum Gasteiger partial charge on any atom is 0.263 e. The predicted molar refractivity (Wildman–Crippen MR) is 66.1 cm³/mol. The number of hydrogen-bond acceptors (Lipinski definition) is 3. The fourth-order valence-electron chi connectivity index (χ4n) is 1.44. The zero-order valence-corrected chi connectivity index (χ0v) is 10.7. The monoisotopic (exact) mass is 284 g/mol. The highest BCUT2D eigenvalue weighted by molar-refractivity contribution is 7.92. The number of benzene rings is 1. The van der Waals surface area contributed by atoms with E-state index in [1.165, 1.54) is 6.07 Å². The summed E-state index contributed by atoms with van der Waals surface area (Å²) in [6.07, 6.45) is 0. The van der Waals surface area contributed by atoms with E-state index in [0.29, 0.717) is 11.8 Å². The smallest absolute Gasteiger partial charge is 0.263 e. The molecule has 0 spiro atoms. The quantitative estimate of drug-likeness (QED) is 0.942. The molecule has 0 radical (unpaired) electrons. The molecule has 0 unspecified atom stereocenters. The SMILES string of the molecule is Cc1cccc(NS(=O)(=O)c2ccc(F)c(F)c2)n1. The molecule has 0 amide bonds. The second-order valence-corrected chi connectivity index (χ2v) is 5.53. The zero-order chi connectivity index (χ0) is 14.0. The van der Waals surface area contributed by atoms with Gasteiger partial charge in [-0.3, -0.25) is 4.72 Å². The number of aromatic nitrogens is 1. The van der Waals surface area contributed by atoms with Crippen LogP contribution >= 0.6 is 0 Å². The van der Waals surface area contributed by atoms with Gasteiger partial charge in [-0.2, -0.15) is 0 Å². The Kier molecular flexibility index (Phi) is 3.48. The van der Waals surface area contributed by atoms with Crippen LogP contribution in [0.2, 0.25) is 0 Å². The lowest BCUT2D eigenvalue weighted by Gasteiger charge is -2.08. The van der Waals surface area contributed by atoms with E-state index in [9.17, 15) is 17.2 Å². The largest absolute Gasteiger partial charge is 0.263 e. The van der Waals surface area contributed by atoms with Crippen molar-refractivity contribution < 1.29 is 17.2 Å². The number of nitrogens with one attached hydrogen (secondary N) is 1. The highest BCUT2D eigenvalue weighted by Gasteiger charge is 2.17. The van der Waals surface area contributed by atoms with Crippen LogP contribution in [0.25, 0.3) is 0 Å². The van der Waals surface area contributed by atoms with Crippen molar-refractivity contribution in [1.29, 1.82) is 0 Å².